The third-order valence-corrected chi connectivity index (χ3v) is 9.43. The molecular formula is C33H41ClN2O5. The van der Waals surface area contributed by atoms with Gasteiger partial charge < -0.3 is 24.4 Å². The summed E-state index contributed by atoms with van der Waals surface area (Å²) in [5.74, 6) is -1.56. The summed E-state index contributed by atoms with van der Waals surface area (Å²) < 4.78 is 11.6. The van der Waals surface area contributed by atoms with E-state index in [-0.39, 0.29) is 11.3 Å². The van der Waals surface area contributed by atoms with Crippen LogP contribution in [0.3, 0.4) is 0 Å². The summed E-state index contributed by atoms with van der Waals surface area (Å²) in [7, 11) is 2.92. The van der Waals surface area contributed by atoms with Crippen LogP contribution < -0.4 is 9.64 Å². The Morgan fingerprint density at radius 2 is 1.95 bits per heavy atom. The van der Waals surface area contributed by atoms with E-state index in [9.17, 15) is 14.7 Å². The number of allylic oxidation sites excluding steroid dienone is 1. The van der Waals surface area contributed by atoms with E-state index in [1.54, 1.807) is 20.0 Å². The molecule has 1 N–H and O–H groups in total. The fourth-order valence-corrected chi connectivity index (χ4v) is 6.97. The number of ether oxygens (including phenoxy) is 2. The minimum absolute atomic E-state index is 0.217. The van der Waals surface area contributed by atoms with Crippen molar-refractivity contribution in [1.82, 2.24) is 4.90 Å². The number of carbonyl (C=O) groups excluding carboxylic acids is 2. The van der Waals surface area contributed by atoms with Crippen molar-refractivity contribution in [2.45, 2.75) is 62.9 Å². The van der Waals surface area contributed by atoms with Gasteiger partial charge in [0.2, 0.25) is 5.91 Å². The Morgan fingerprint density at radius 3 is 2.76 bits per heavy atom. The van der Waals surface area contributed by atoms with Gasteiger partial charge in [0.25, 0.3) is 0 Å². The van der Waals surface area contributed by atoms with Crippen molar-refractivity contribution in [2.75, 3.05) is 45.3 Å². The Hall–Kier alpha value is -3.03. The maximum Gasteiger partial charge on any atom is 0.343 e. The first-order valence-corrected chi connectivity index (χ1v) is 15.1. The number of hydrogen-bond acceptors (Lipinski definition) is 6. The highest BCUT2D eigenvalue weighted by Crippen LogP contribution is 2.46. The van der Waals surface area contributed by atoms with Gasteiger partial charge in [-0.25, -0.2) is 4.79 Å². The summed E-state index contributed by atoms with van der Waals surface area (Å²) in [6.45, 7) is 4.06. The number of fused-ring (bicyclic) bond motifs is 3. The monoisotopic (exact) mass is 580 g/mol. The first-order chi connectivity index (χ1) is 19.7. The molecule has 0 radical (unpaired) electrons. The van der Waals surface area contributed by atoms with E-state index < -0.39 is 17.5 Å². The van der Waals surface area contributed by atoms with Gasteiger partial charge in [-0.15, -0.1) is 0 Å². The number of anilines is 1. The highest BCUT2D eigenvalue weighted by molar-refractivity contribution is 6.30. The number of hydrogen-bond donors (Lipinski definition) is 1. The number of aliphatic hydroxyl groups is 1. The zero-order valence-corrected chi connectivity index (χ0v) is 25.1. The summed E-state index contributed by atoms with van der Waals surface area (Å²) in [6, 6.07) is 11.5. The second kappa shape index (κ2) is 12.1. The van der Waals surface area contributed by atoms with Crippen LogP contribution in [0.1, 0.15) is 62.1 Å². The quantitative estimate of drug-likeness (QED) is 0.359. The second-order valence-electron chi connectivity index (χ2n) is 11.8. The Bertz CT molecular complexity index is 1330. The van der Waals surface area contributed by atoms with Crippen molar-refractivity contribution in [3.05, 3.63) is 70.3 Å². The normalized spacial score (nSPS) is 27.9. The Kier molecular flexibility index (Phi) is 8.67. The van der Waals surface area contributed by atoms with Gasteiger partial charge in [0.1, 0.15) is 5.75 Å². The lowest BCUT2D eigenvalue weighted by atomic mass is 9.70. The van der Waals surface area contributed by atoms with E-state index in [0.717, 1.165) is 68.7 Å². The summed E-state index contributed by atoms with van der Waals surface area (Å²) in [6.07, 6.45) is 11.2. The maximum absolute atomic E-state index is 13.4. The molecule has 1 aliphatic carbocycles. The van der Waals surface area contributed by atoms with Gasteiger partial charge >= 0.3 is 5.97 Å². The second-order valence-corrected chi connectivity index (χ2v) is 12.3. The number of methoxy groups -OCH3 is 1. The Labute approximate surface area is 248 Å². The van der Waals surface area contributed by atoms with E-state index in [4.69, 9.17) is 21.1 Å². The number of nitrogens with zero attached hydrogens (tertiary/aromatic N) is 2. The molecule has 41 heavy (non-hydrogen) atoms. The van der Waals surface area contributed by atoms with Crippen molar-refractivity contribution in [3.63, 3.8) is 0 Å². The standard InChI is InChI=1S/C33H41ClN2O5/c1-23-30(37)35(2)17-8-6-4-5-7-9-18-36-21-32(16-10-11-24-19-26(34)13-14-27(24)32)22-41-29-15-12-25(20-28(29)36)33(23,39)31(38)40-3/h6,8,12-15,19-20,23,39H,4-5,7,9-11,16-18,21-22H2,1-3H3/b8-6-/t23?,32-,33-/m0/s1. The van der Waals surface area contributed by atoms with Crippen LogP contribution in [0.15, 0.2) is 48.6 Å². The average Bonchev–Trinajstić information content (AvgIpc) is 3.13. The molecule has 3 aliphatic rings. The van der Waals surface area contributed by atoms with Gasteiger partial charge in [-0.3, -0.25) is 4.79 Å². The van der Waals surface area contributed by atoms with E-state index >= 15 is 0 Å². The topological polar surface area (TPSA) is 79.3 Å². The molecule has 2 bridgehead atoms. The molecule has 0 fully saturated rings. The minimum atomic E-state index is -2.17. The van der Waals surface area contributed by atoms with Crippen LogP contribution in [0.25, 0.3) is 0 Å². The zero-order chi connectivity index (χ0) is 29.2. The molecule has 0 saturated heterocycles. The first-order valence-electron chi connectivity index (χ1n) is 14.7. The molecule has 2 aliphatic heterocycles. The predicted molar refractivity (Wildman–Crippen MR) is 161 cm³/mol. The third kappa shape index (κ3) is 5.59. The van der Waals surface area contributed by atoms with Crippen LogP contribution >= 0.6 is 11.6 Å². The summed E-state index contributed by atoms with van der Waals surface area (Å²) >= 11 is 6.38. The van der Waals surface area contributed by atoms with Crippen LogP contribution in [0.4, 0.5) is 5.69 Å². The molecule has 8 heteroatoms. The lowest BCUT2D eigenvalue weighted by molar-refractivity contribution is -0.175. The number of carbonyl (C=O) groups is 2. The molecule has 5 rings (SSSR count). The number of rotatable bonds is 1. The van der Waals surface area contributed by atoms with Gasteiger partial charge in [0.05, 0.1) is 25.3 Å². The average molecular weight is 581 g/mol. The van der Waals surface area contributed by atoms with E-state index in [2.05, 4.69) is 23.1 Å². The third-order valence-electron chi connectivity index (χ3n) is 9.19. The highest BCUT2D eigenvalue weighted by atomic mass is 35.5. The molecule has 0 saturated carbocycles. The minimum Gasteiger partial charge on any atom is -0.490 e. The van der Waals surface area contributed by atoms with Crippen LogP contribution in [0.2, 0.25) is 5.02 Å². The molecular weight excluding hydrogens is 540 g/mol. The Morgan fingerprint density at radius 1 is 1.12 bits per heavy atom. The zero-order valence-electron chi connectivity index (χ0n) is 24.3. The number of amides is 1. The summed E-state index contributed by atoms with van der Waals surface area (Å²) in [5.41, 5.74) is 1.32. The maximum atomic E-state index is 13.4. The number of esters is 1. The van der Waals surface area contributed by atoms with Gasteiger partial charge in [-0.2, -0.15) is 0 Å². The molecule has 1 amide bonds. The van der Waals surface area contributed by atoms with Crippen LogP contribution in [-0.4, -0.2) is 62.3 Å². The molecule has 1 spiro atoms. The lowest BCUT2D eigenvalue weighted by Gasteiger charge is -2.41. The van der Waals surface area contributed by atoms with Gasteiger partial charge in [0.15, 0.2) is 5.60 Å². The van der Waals surface area contributed by atoms with E-state index in [1.807, 2.05) is 24.3 Å². The van der Waals surface area contributed by atoms with Crippen molar-refractivity contribution >= 4 is 29.2 Å². The lowest BCUT2D eigenvalue weighted by Crippen LogP contribution is -2.50. The van der Waals surface area contributed by atoms with Gasteiger partial charge in [0, 0.05) is 37.1 Å². The first kappa shape index (κ1) is 29.5. The number of benzene rings is 2. The molecule has 1 unspecified atom stereocenters. The summed E-state index contributed by atoms with van der Waals surface area (Å²) in [4.78, 5) is 30.5. The smallest absolute Gasteiger partial charge is 0.343 e. The summed E-state index contributed by atoms with van der Waals surface area (Å²) in [5, 5.41) is 12.7. The number of aryl methyl sites for hydroxylation is 1. The Balaban J connectivity index is 1.61. The van der Waals surface area contributed by atoms with Gasteiger partial charge in [-0.1, -0.05) is 42.3 Å². The van der Waals surface area contributed by atoms with Crippen molar-refractivity contribution < 1.29 is 24.2 Å². The SMILES string of the molecule is COC(=O)[C@@]1(O)c2ccc3c(c2)N(CCCCC/C=C\CN(C)C(=O)C1C)C[C@@]1(CCCc2cc(Cl)ccc21)CO3. The highest BCUT2D eigenvalue weighted by Gasteiger charge is 2.50. The van der Waals surface area contributed by atoms with Crippen molar-refractivity contribution in [1.29, 1.82) is 0 Å². The predicted octanol–water partition coefficient (Wildman–Crippen LogP) is 5.40. The number of likely N-dealkylation sites (N-methyl/N-ethyl adjacent to an activating group) is 1. The van der Waals surface area contributed by atoms with Crippen LogP contribution in [-0.2, 0) is 31.8 Å². The fraction of sp³-hybridized carbons (Fsp3) is 0.515. The molecule has 0 aromatic heterocycles. The molecule has 2 aromatic carbocycles. The van der Waals surface area contributed by atoms with E-state index in [0.29, 0.717) is 24.5 Å². The van der Waals surface area contributed by atoms with Gasteiger partial charge in [-0.05, 0) is 86.4 Å². The molecule has 220 valence electrons. The molecule has 2 heterocycles. The van der Waals surface area contributed by atoms with E-state index in [1.165, 1.54) is 23.1 Å². The molecule has 3 atom stereocenters. The van der Waals surface area contributed by atoms with Crippen LogP contribution in [0.5, 0.6) is 5.75 Å². The molecule has 2 aromatic rings. The fourth-order valence-electron chi connectivity index (χ4n) is 6.78. The largest absolute Gasteiger partial charge is 0.490 e. The van der Waals surface area contributed by atoms with Crippen molar-refractivity contribution in [2.24, 2.45) is 5.92 Å². The van der Waals surface area contributed by atoms with Crippen molar-refractivity contribution in [3.8, 4) is 5.75 Å². The number of halogens is 1. The van der Waals surface area contributed by atoms with Crippen LogP contribution in [0, 0.1) is 5.92 Å². The molecule has 7 nitrogen and oxygen atoms in total.